The predicted molar refractivity (Wildman–Crippen MR) is 82.7 cm³/mol. The van der Waals surface area contributed by atoms with Crippen LogP contribution in [0, 0.1) is 5.82 Å². The highest BCUT2D eigenvalue weighted by Crippen LogP contribution is 2.20. The average Bonchev–Trinajstić information content (AvgIpc) is 2.90. The number of fused-ring (bicyclic) bond motifs is 1. The lowest BCUT2D eigenvalue weighted by Gasteiger charge is -2.09. The zero-order valence-corrected chi connectivity index (χ0v) is 12.9. The number of hydrogen-bond acceptors (Lipinski definition) is 3. The highest BCUT2D eigenvalue weighted by atomic mass is 35.5. The third kappa shape index (κ3) is 2.39. The van der Waals surface area contributed by atoms with E-state index in [4.69, 9.17) is 11.6 Å². The van der Waals surface area contributed by atoms with Crippen LogP contribution in [0.4, 0.5) is 4.39 Å². The van der Waals surface area contributed by atoms with Gasteiger partial charge in [-0.25, -0.2) is 14.1 Å². The van der Waals surface area contributed by atoms with Crippen LogP contribution in [0.1, 0.15) is 25.5 Å². The Bertz CT molecular complexity index is 880. The van der Waals surface area contributed by atoms with Crippen molar-refractivity contribution < 1.29 is 4.39 Å². The monoisotopic (exact) mass is 320 g/mol. The van der Waals surface area contributed by atoms with Gasteiger partial charge in [0.2, 0.25) is 0 Å². The normalized spacial score (nSPS) is 11.5. The van der Waals surface area contributed by atoms with Gasteiger partial charge in [0.05, 0.1) is 12.7 Å². The molecule has 0 radical (unpaired) electrons. The van der Waals surface area contributed by atoms with Gasteiger partial charge in [-0.1, -0.05) is 17.7 Å². The van der Waals surface area contributed by atoms with Crippen LogP contribution in [0.15, 0.2) is 35.5 Å². The molecule has 5 nitrogen and oxygen atoms in total. The molecule has 0 amide bonds. The van der Waals surface area contributed by atoms with E-state index in [1.807, 2.05) is 13.8 Å². The summed E-state index contributed by atoms with van der Waals surface area (Å²) in [5, 5.41) is 4.87. The standard InChI is InChI=1S/C15H14ClFN4O/c1-9(2)21-14-10(6-19-21)15(22)20(8-18-14)7-11-12(16)4-3-5-13(11)17/h3-6,8-9H,7H2,1-2H3. The minimum atomic E-state index is -0.447. The molecule has 114 valence electrons. The number of aromatic nitrogens is 4. The molecule has 22 heavy (non-hydrogen) atoms. The zero-order chi connectivity index (χ0) is 15.9. The van der Waals surface area contributed by atoms with Crippen molar-refractivity contribution in [1.82, 2.24) is 19.3 Å². The molecule has 0 aliphatic carbocycles. The number of nitrogens with zero attached hydrogens (tertiary/aromatic N) is 4. The summed E-state index contributed by atoms with van der Waals surface area (Å²) in [6, 6.07) is 4.53. The van der Waals surface area contributed by atoms with Crippen molar-refractivity contribution in [1.29, 1.82) is 0 Å². The maximum absolute atomic E-state index is 13.9. The van der Waals surface area contributed by atoms with E-state index in [0.717, 1.165) is 0 Å². The molecule has 0 bridgehead atoms. The maximum atomic E-state index is 13.9. The van der Waals surface area contributed by atoms with E-state index in [1.54, 1.807) is 10.7 Å². The molecule has 0 atom stereocenters. The van der Waals surface area contributed by atoms with Crippen LogP contribution < -0.4 is 5.56 Å². The molecule has 3 aromatic rings. The van der Waals surface area contributed by atoms with Gasteiger partial charge in [-0.15, -0.1) is 0 Å². The van der Waals surface area contributed by atoms with Crippen molar-refractivity contribution >= 4 is 22.6 Å². The molecule has 0 aliphatic rings. The summed E-state index contributed by atoms with van der Waals surface area (Å²) in [6.45, 7) is 3.94. The number of halogens is 2. The molecule has 1 aromatic carbocycles. The molecular formula is C15H14ClFN4O. The first-order chi connectivity index (χ1) is 10.5. The first-order valence-electron chi connectivity index (χ1n) is 6.84. The minimum absolute atomic E-state index is 0.0279. The second-order valence-corrected chi connectivity index (χ2v) is 5.71. The van der Waals surface area contributed by atoms with Gasteiger partial charge in [0, 0.05) is 16.6 Å². The van der Waals surface area contributed by atoms with Gasteiger partial charge in [-0.05, 0) is 26.0 Å². The first kappa shape index (κ1) is 14.7. The van der Waals surface area contributed by atoms with Gasteiger partial charge in [-0.2, -0.15) is 5.10 Å². The van der Waals surface area contributed by atoms with E-state index in [0.29, 0.717) is 11.0 Å². The lowest BCUT2D eigenvalue weighted by atomic mass is 10.2. The van der Waals surface area contributed by atoms with E-state index in [9.17, 15) is 9.18 Å². The van der Waals surface area contributed by atoms with Crippen LogP contribution in [-0.2, 0) is 6.54 Å². The summed E-state index contributed by atoms with van der Waals surface area (Å²) >= 11 is 6.00. The Morgan fingerprint density at radius 1 is 1.36 bits per heavy atom. The Balaban J connectivity index is 2.10. The smallest absolute Gasteiger partial charge is 0.264 e. The van der Waals surface area contributed by atoms with Crippen molar-refractivity contribution in [3.63, 3.8) is 0 Å². The van der Waals surface area contributed by atoms with Crippen molar-refractivity contribution in [2.24, 2.45) is 0 Å². The van der Waals surface area contributed by atoms with Gasteiger partial charge in [0.1, 0.15) is 17.5 Å². The summed E-state index contributed by atoms with van der Waals surface area (Å²) < 4.78 is 16.9. The van der Waals surface area contributed by atoms with Crippen molar-refractivity contribution in [3.05, 3.63) is 57.5 Å². The van der Waals surface area contributed by atoms with Crippen molar-refractivity contribution in [2.45, 2.75) is 26.4 Å². The number of benzene rings is 1. The second-order valence-electron chi connectivity index (χ2n) is 5.30. The van der Waals surface area contributed by atoms with Crippen LogP contribution in [-0.4, -0.2) is 19.3 Å². The maximum Gasteiger partial charge on any atom is 0.264 e. The van der Waals surface area contributed by atoms with E-state index < -0.39 is 5.82 Å². The Labute approximate surface area is 131 Å². The third-order valence-corrected chi connectivity index (χ3v) is 3.81. The SMILES string of the molecule is CC(C)n1ncc2c(=O)n(Cc3c(F)cccc3Cl)cnc21. The lowest BCUT2D eigenvalue weighted by Crippen LogP contribution is -2.22. The van der Waals surface area contributed by atoms with Crippen molar-refractivity contribution in [2.75, 3.05) is 0 Å². The molecule has 0 aliphatic heterocycles. The molecule has 3 rings (SSSR count). The Morgan fingerprint density at radius 3 is 2.82 bits per heavy atom. The number of hydrogen-bond donors (Lipinski definition) is 0. The Hall–Kier alpha value is -2.21. The molecule has 0 spiro atoms. The van der Waals surface area contributed by atoms with Gasteiger partial charge in [0.15, 0.2) is 5.65 Å². The summed E-state index contributed by atoms with van der Waals surface area (Å²) in [7, 11) is 0. The fourth-order valence-electron chi connectivity index (χ4n) is 2.31. The van der Waals surface area contributed by atoms with Gasteiger partial charge in [0.25, 0.3) is 5.56 Å². The van der Waals surface area contributed by atoms with Crippen LogP contribution in [0.2, 0.25) is 5.02 Å². The molecule has 2 aromatic heterocycles. The highest BCUT2D eigenvalue weighted by molar-refractivity contribution is 6.31. The average molecular weight is 321 g/mol. The molecule has 0 unspecified atom stereocenters. The summed E-state index contributed by atoms with van der Waals surface area (Å²) in [6.07, 6.45) is 2.89. The third-order valence-electron chi connectivity index (χ3n) is 3.46. The summed E-state index contributed by atoms with van der Waals surface area (Å²) in [5.41, 5.74) is 0.524. The van der Waals surface area contributed by atoms with Crippen LogP contribution in [0.5, 0.6) is 0 Å². The molecule has 0 saturated heterocycles. The van der Waals surface area contributed by atoms with E-state index in [1.165, 1.54) is 29.2 Å². The predicted octanol–water partition coefficient (Wildman–Crippen LogP) is 3.01. The van der Waals surface area contributed by atoms with Gasteiger partial charge < -0.3 is 0 Å². The van der Waals surface area contributed by atoms with E-state index >= 15 is 0 Å². The number of rotatable bonds is 3. The van der Waals surface area contributed by atoms with Gasteiger partial charge in [-0.3, -0.25) is 9.36 Å². The molecule has 7 heteroatoms. The fourth-order valence-corrected chi connectivity index (χ4v) is 2.53. The fraction of sp³-hybridized carbons (Fsp3) is 0.267. The quantitative estimate of drug-likeness (QED) is 0.745. The van der Waals surface area contributed by atoms with E-state index in [-0.39, 0.29) is 28.7 Å². The zero-order valence-electron chi connectivity index (χ0n) is 12.1. The van der Waals surface area contributed by atoms with E-state index in [2.05, 4.69) is 10.1 Å². The molecular weight excluding hydrogens is 307 g/mol. The first-order valence-corrected chi connectivity index (χ1v) is 7.22. The topological polar surface area (TPSA) is 52.7 Å². The molecule has 0 N–H and O–H groups in total. The molecule has 0 saturated carbocycles. The lowest BCUT2D eigenvalue weighted by molar-refractivity contribution is 0.545. The Morgan fingerprint density at radius 2 is 2.14 bits per heavy atom. The summed E-state index contributed by atoms with van der Waals surface area (Å²) in [4.78, 5) is 16.8. The largest absolute Gasteiger partial charge is 0.294 e. The second kappa shape index (κ2) is 5.53. The minimum Gasteiger partial charge on any atom is -0.294 e. The van der Waals surface area contributed by atoms with Crippen LogP contribution >= 0.6 is 11.6 Å². The Kier molecular flexibility index (Phi) is 3.70. The van der Waals surface area contributed by atoms with Gasteiger partial charge >= 0.3 is 0 Å². The van der Waals surface area contributed by atoms with Crippen LogP contribution in [0.25, 0.3) is 11.0 Å². The summed E-state index contributed by atoms with van der Waals surface area (Å²) in [5.74, 6) is -0.447. The molecule has 2 heterocycles. The highest BCUT2D eigenvalue weighted by Gasteiger charge is 2.14. The van der Waals surface area contributed by atoms with Crippen LogP contribution in [0.3, 0.4) is 0 Å². The van der Waals surface area contributed by atoms with Crippen molar-refractivity contribution in [3.8, 4) is 0 Å². The molecule has 0 fully saturated rings.